The summed E-state index contributed by atoms with van der Waals surface area (Å²) in [7, 11) is -0.334. The molecular formula is C25H30ClN6O2P. The van der Waals surface area contributed by atoms with Crippen molar-refractivity contribution in [3.63, 3.8) is 0 Å². The minimum atomic E-state index is -2.49. The lowest BCUT2D eigenvalue weighted by Gasteiger charge is -2.45. The number of fused-ring (bicyclic) bond motifs is 3. The van der Waals surface area contributed by atoms with Crippen LogP contribution in [0.2, 0.25) is 5.02 Å². The first-order valence-corrected chi connectivity index (χ1v) is 14.6. The zero-order chi connectivity index (χ0) is 24.7. The topological polar surface area (TPSA) is 82.6 Å². The van der Waals surface area contributed by atoms with Crippen molar-refractivity contribution in [2.24, 2.45) is 0 Å². The van der Waals surface area contributed by atoms with Crippen LogP contribution in [0.4, 0.5) is 28.8 Å². The summed E-state index contributed by atoms with van der Waals surface area (Å²) in [6.45, 7) is 9.29. The van der Waals surface area contributed by atoms with E-state index in [1.54, 1.807) is 19.5 Å². The Morgan fingerprint density at radius 1 is 1.17 bits per heavy atom. The number of nitrogens with one attached hydrogen (secondary N) is 2. The molecule has 1 saturated heterocycles. The number of aromatic nitrogens is 2. The number of anilines is 5. The molecule has 2 N–H and O–H groups in total. The van der Waals surface area contributed by atoms with Crippen LogP contribution < -0.4 is 25.6 Å². The minimum Gasteiger partial charge on any atom is -0.489 e. The Kier molecular flexibility index (Phi) is 6.38. The van der Waals surface area contributed by atoms with Crippen LogP contribution >= 0.6 is 18.7 Å². The van der Waals surface area contributed by atoms with Crippen molar-refractivity contribution in [3.8, 4) is 5.75 Å². The van der Waals surface area contributed by atoms with E-state index in [2.05, 4.69) is 50.4 Å². The van der Waals surface area contributed by atoms with Crippen molar-refractivity contribution in [1.29, 1.82) is 0 Å². The molecule has 0 bridgehead atoms. The molecule has 0 aliphatic carbocycles. The van der Waals surface area contributed by atoms with Crippen molar-refractivity contribution < 1.29 is 9.30 Å². The van der Waals surface area contributed by atoms with Gasteiger partial charge in [-0.05, 0) is 51.1 Å². The Bertz CT molecular complexity index is 1310. The molecule has 3 heterocycles. The standard InChI is InChI=1S/C25H30ClN6O2P/c1-16-11-17(12-21-23(16)32-10-9-31(2)14-18(32)15-34-21)28-25-27-13-19(26)24(30-25)29-20-7-5-6-8-22(20)35(3,4)33/h5-8,11-13,18H,9-10,14-15H2,1-4H3,(H2,27,28,29,30)/t18-/m1/s1. The molecule has 10 heteroatoms. The number of benzene rings is 2. The molecule has 0 saturated carbocycles. The lowest BCUT2D eigenvalue weighted by molar-refractivity contribution is 0.188. The van der Waals surface area contributed by atoms with Gasteiger partial charge in [0, 0.05) is 36.7 Å². The van der Waals surface area contributed by atoms with Gasteiger partial charge in [-0.15, -0.1) is 0 Å². The van der Waals surface area contributed by atoms with Crippen molar-refractivity contribution in [2.75, 3.05) is 62.2 Å². The fraction of sp³-hybridized carbons (Fsp3) is 0.360. The Balaban J connectivity index is 1.40. The SMILES string of the molecule is Cc1cc(Nc2ncc(Cl)c(Nc3ccccc3P(C)(C)=O)n2)cc2c1N1CCN(C)C[C@@H]1CO2. The van der Waals surface area contributed by atoms with Gasteiger partial charge in [0.05, 0.1) is 23.6 Å². The molecule has 0 amide bonds. The Hall–Kier alpha value is -2.80. The lowest BCUT2D eigenvalue weighted by atomic mass is 10.0. The summed E-state index contributed by atoms with van der Waals surface area (Å²) in [5, 5.41) is 7.65. The number of hydrogen-bond donors (Lipinski definition) is 2. The molecule has 1 fully saturated rings. The van der Waals surface area contributed by atoms with Gasteiger partial charge in [0.2, 0.25) is 5.95 Å². The second kappa shape index (κ2) is 9.34. The largest absolute Gasteiger partial charge is 0.489 e. The lowest BCUT2D eigenvalue weighted by Crippen LogP contribution is -2.56. The highest BCUT2D eigenvalue weighted by atomic mass is 35.5. The van der Waals surface area contributed by atoms with Crippen LogP contribution in [0.1, 0.15) is 5.56 Å². The van der Waals surface area contributed by atoms with Crippen LogP contribution in [0.15, 0.2) is 42.6 Å². The third-order valence-corrected chi connectivity index (χ3v) is 8.23. The van der Waals surface area contributed by atoms with E-state index >= 15 is 0 Å². The number of hydrogen-bond acceptors (Lipinski definition) is 8. The summed E-state index contributed by atoms with van der Waals surface area (Å²) in [6.07, 6.45) is 1.55. The van der Waals surface area contributed by atoms with Crippen molar-refractivity contribution in [3.05, 3.63) is 53.2 Å². The van der Waals surface area contributed by atoms with E-state index in [-0.39, 0.29) is 0 Å². The maximum absolute atomic E-state index is 12.7. The molecule has 0 spiro atoms. The van der Waals surface area contributed by atoms with Crippen LogP contribution in [0.25, 0.3) is 0 Å². The smallest absolute Gasteiger partial charge is 0.229 e. The molecule has 2 aliphatic rings. The first-order valence-electron chi connectivity index (χ1n) is 11.6. The van der Waals surface area contributed by atoms with Crippen molar-refractivity contribution in [2.45, 2.75) is 13.0 Å². The Morgan fingerprint density at radius 2 is 1.97 bits per heavy atom. The molecule has 8 nitrogen and oxygen atoms in total. The van der Waals surface area contributed by atoms with Crippen LogP contribution in [-0.2, 0) is 4.57 Å². The number of ether oxygens (including phenoxy) is 1. The molecule has 35 heavy (non-hydrogen) atoms. The molecule has 5 rings (SSSR count). The van der Waals surface area contributed by atoms with E-state index in [1.165, 1.54) is 5.69 Å². The number of likely N-dealkylation sites (N-methyl/N-ethyl adjacent to an activating group) is 1. The zero-order valence-electron chi connectivity index (χ0n) is 20.4. The van der Waals surface area contributed by atoms with Crippen molar-refractivity contribution in [1.82, 2.24) is 14.9 Å². The van der Waals surface area contributed by atoms with Crippen LogP contribution in [0.3, 0.4) is 0 Å². The van der Waals surface area contributed by atoms with E-state index in [0.29, 0.717) is 35.1 Å². The zero-order valence-corrected chi connectivity index (χ0v) is 22.0. The predicted octanol–water partition coefficient (Wildman–Crippen LogP) is 4.69. The fourth-order valence-corrected chi connectivity index (χ4v) is 6.05. The summed E-state index contributed by atoms with van der Waals surface area (Å²) in [6, 6.07) is 12.0. The summed E-state index contributed by atoms with van der Waals surface area (Å²) < 4.78 is 18.9. The molecule has 0 unspecified atom stereocenters. The van der Waals surface area contributed by atoms with Crippen molar-refractivity contribution >= 4 is 52.9 Å². The maximum atomic E-state index is 12.7. The van der Waals surface area contributed by atoms with E-state index in [4.69, 9.17) is 16.3 Å². The monoisotopic (exact) mass is 512 g/mol. The number of halogens is 1. The highest BCUT2D eigenvalue weighted by Crippen LogP contribution is 2.41. The number of nitrogens with zero attached hydrogens (tertiary/aromatic N) is 4. The molecule has 3 aromatic rings. The van der Waals surface area contributed by atoms with Crippen LogP contribution in [0.5, 0.6) is 5.75 Å². The third-order valence-electron chi connectivity index (χ3n) is 6.41. The van der Waals surface area contributed by atoms with Gasteiger partial charge in [-0.1, -0.05) is 23.7 Å². The van der Waals surface area contributed by atoms with Gasteiger partial charge in [-0.2, -0.15) is 4.98 Å². The van der Waals surface area contributed by atoms with Gasteiger partial charge >= 0.3 is 0 Å². The summed E-state index contributed by atoms with van der Waals surface area (Å²) >= 11 is 6.40. The highest BCUT2D eigenvalue weighted by molar-refractivity contribution is 7.70. The summed E-state index contributed by atoms with van der Waals surface area (Å²) in [5.41, 5.74) is 3.86. The summed E-state index contributed by atoms with van der Waals surface area (Å²) in [4.78, 5) is 13.8. The molecule has 184 valence electrons. The summed E-state index contributed by atoms with van der Waals surface area (Å²) in [5.74, 6) is 1.71. The predicted molar refractivity (Wildman–Crippen MR) is 144 cm³/mol. The quantitative estimate of drug-likeness (QED) is 0.477. The van der Waals surface area contributed by atoms with Gasteiger partial charge in [0.15, 0.2) is 5.82 Å². The second-order valence-corrected chi connectivity index (χ2v) is 13.2. The molecule has 2 aromatic carbocycles. The van der Waals surface area contributed by atoms with Gasteiger partial charge in [-0.3, -0.25) is 0 Å². The number of aryl methyl sites for hydroxylation is 1. The number of piperazine rings is 1. The number of para-hydroxylation sites is 1. The van der Waals surface area contributed by atoms with Gasteiger partial charge in [0.25, 0.3) is 0 Å². The second-order valence-electron chi connectivity index (χ2n) is 9.57. The fourth-order valence-electron chi connectivity index (χ4n) is 4.75. The number of rotatable bonds is 5. The first kappa shape index (κ1) is 23.9. The Labute approximate surface area is 211 Å². The van der Waals surface area contributed by atoms with Crippen LogP contribution in [-0.4, -0.2) is 67.5 Å². The third kappa shape index (κ3) is 4.96. The van der Waals surface area contributed by atoms with Crippen LogP contribution in [0, 0.1) is 6.92 Å². The van der Waals surface area contributed by atoms with E-state index in [9.17, 15) is 4.57 Å². The van der Waals surface area contributed by atoms with Gasteiger partial charge in [-0.25, -0.2) is 4.98 Å². The normalized spacial score (nSPS) is 17.9. The molecule has 1 atom stereocenters. The molecular weight excluding hydrogens is 483 g/mol. The minimum absolute atomic E-state index is 0.372. The van der Waals surface area contributed by atoms with Gasteiger partial charge in [0.1, 0.15) is 24.5 Å². The van der Waals surface area contributed by atoms with Gasteiger partial charge < -0.3 is 29.7 Å². The maximum Gasteiger partial charge on any atom is 0.229 e. The molecule has 1 aromatic heterocycles. The van der Waals surface area contributed by atoms with E-state index in [1.807, 2.05) is 30.3 Å². The molecule has 0 radical (unpaired) electrons. The average molecular weight is 513 g/mol. The Morgan fingerprint density at radius 3 is 2.77 bits per heavy atom. The highest BCUT2D eigenvalue weighted by Gasteiger charge is 2.33. The van der Waals surface area contributed by atoms with E-state index in [0.717, 1.165) is 41.9 Å². The van der Waals surface area contributed by atoms with E-state index < -0.39 is 7.14 Å². The first-order chi connectivity index (χ1) is 16.7. The molecule has 2 aliphatic heterocycles. The average Bonchev–Trinajstić information content (AvgIpc) is 2.80.